The molecule has 0 radical (unpaired) electrons. The van der Waals surface area contributed by atoms with Crippen molar-refractivity contribution in [1.29, 1.82) is 0 Å². The predicted octanol–water partition coefficient (Wildman–Crippen LogP) is 4.00. The molecule has 82 valence electrons. The van der Waals surface area contributed by atoms with Crippen LogP contribution in [0.3, 0.4) is 0 Å². The third-order valence-corrected chi connectivity index (χ3v) is 15.3. The number of thioether (sulfide) groups is 1. The molecule has 0 aliphatic rings. The average molecular weight is 288 g/mol. The Kier molecular flexibility index (Phi) is 8.83. The summed E-state index contributed by atoms with van der Waals surface area (Å²) in [5.74, 6) is 1.43. The summed E-state index contributed by atoms with van der Waals surface area (Å²) in [5.41, 5.74) is 0. The standard InChI is InChI=1S/C7H13O2PS4/c1-4-7(8)13-5-6-14-10(9,11-2)12-3/h4H,1,5-6H2,2-3H3. The highest BCUT2D eigenvalue weighted by molar-refractivity contribution is 9.14. The van der Waals surface area contributed by atoms with E-state index in [-0.39, 0.29) is 5.12 Å². The fourth-order valence-corrected chi connectivity index (χ4v) is 9.07. The lowest BCUT2D eigenvalue weighted by Gasteiger charge is -2.10. The van der Waals surface area contributed by atoms with Crippen LogP contribution in [0.4, 0.5) is 0 Å². The van der Waals surface area contributed by atoms with Gasteiger partial charge in [-0.3, -0.25) is 9.36 Å². The van der Waals surface area contributed by atoms with Crippen molar-refractivity contribution >= 4 is 55.8 Å². The van der Waals surface area contributed by atoms with Gasteiger partial charge in [0.05, 0.1) is 0 Å². The van der Waals surface area contributed by atoms with E-state index in [2.05, 4.69) is 6.58 Å². The monoisotopic (exact) mass is 288 g/mol. The summed E-state index contributed by atoms with van der Waals surface area (Å²) in [6, 6.07) is 0. The molecule has 0 fully saturated rings. The molecule has 2 nitrogen and oxygen atoms in total. The van der Waals surface area contributed by atoms with Crippen LogP contribution in [0.5, 0.6) is 0 Å². The molecule has 0 saturated heterocycles. The van der Waals surface area contributed by atoms with E-state index in [0.717, 1.165) is 5.75 Å². The second-order valence-electron chi connectivity index (χ2n) is 2.02. The van der Waals surface area contributed by atoms with Gasteiger partial charge in [0.25, 0.3) is 0 Å². The Morgan fingerprint density at radius 1 is 1.36 bits per heavy atom. The molecule has 0 aromatic rings. The lowest BCUT2D eigenvalue weighted by Crippen LogP contribution is -1.89. The summed E-state index contributed by atoms with van der Waals surface area (Å²) in [6.45, 7) is 3.38. The Morgan fingerprint density at radius 2 is 1.93 bits per heavy atom. The van der Waals surface area contributed by atoms with Gasteiger partial charge in [-0.1, -0.05) is 52.5 Å². The molecule has 0 N–H and O–H groups in total. The summed E-state index contributed by atoms with van der Waals surface area (Å²) in [4.78, 5) is 10.8. The summed E-state index contributed by atoms with van der Waals surface area (Å²) in [7, 11) is 0. The first-order valence-electron chi connectivity index (χ1n) is 3.73. The second-order valence-corrected chi connectivity index (χ2v) is 15.1. The molecule has 0 rings (SSSR count). The van der Waals surface area contributed by atoms with Crippen LogP contribution in [0.15, 0.2) is 12.7 Å². The molecule has 0 aliphatic heterocycles. The maximum Gasteiger partial charge on any atom is 0.243 e. The second kappa shape index (κ2) is 8.22. The number of rotatable bonds is 7. The zero-order valence-electron chi connectivity index (χ0n) is 8.10. The number of carbonyl (C=O) groups is 1. The fraction of sp³-hybridized carbons (Fsp3) is 0.571. The van der Waals surface area contributed by atoms with Gasteiger partial charge >= 0.3 is 0 Å². The highest BCUT2D eigenvalue weighted by Crippen LogP contribution is 2.76. The predicted molar refractivity (Wildman–Crippen MR) is 74.8 cm³/mol. The molecule has 0 bridgehead atoms. The molecule has 0 aromatic heterocycles. The van der Waals surface area contributed by atoms with Crippen LogP contribution in [0.25, 0.3) is 0 Å². The molecule has 14 heavy (non-hydrogen) atoms. The summed E-state index contributed by atoms with van der Waals surface area (Å²) < 4.78 is 9.69. The minimum atomic E-state index is -2.15. The first kappa shape index (κ1) is 15.0. The van der Waals surface area contributed by atoms with E-state index in [1.807, 2.05) is 12.5 Å². The number of carbonyl (C=O) groups excluding carboxylic acids is 1. The van der Waals surface area contributed by atoms with Gasteiger partial charge in [0, 0.05) is 11.5 Å². The van der Waals surface area contributed by atoms with Crippen LogP contribution in [0.2, 0.25) is 0 Å². The zero-order chi connectivity index (χ0) is 11.0. The van der Waals surface area contributed by atoms with Gasteiger partial charge < -0.3 is 0 Å². The molecule has 0 aliphatic carbocycles. The molecule has 0 spiro atoms. The summed E-state index contributed by atoms with van der Waals surface area (Å²) >= 11 is 5.48. The van der Waals surface area contributed by atoms with Gasteiger partial charge in [-0.15, -0.1) is 0 Å². The molecule has 0 saturated carbocycles. The normalized spacial score (nSPS) is 11.3. The van der Waals surface area contributed by atoms with E-state index in [0.29, 0.717) is 5.75 Å². The third kappa shape index (κ3) is 6.51. The summed E-state index contributed by atoms with van der Waals surface area (Å²) in [5, 5.41) is -0.0197. The SMILES string of the molecule is C=CC(=O)SCCSP(=O)(SC)SC. The minimum Gasteiger partial charge on any atom is -0.289 e. The Labute approximate surface area is 101 Å². The van der Waals surface area contributed by atoms with Crippen molar-refractivity contribution in [2.45, 2.75) is 0 Å². The Balaban J connectivity index is 3.68. The van der Waals surface area contributed by atoms with Crippen molar-refractivity contribution in [2.75, 3.05) is 24.0 Å². The van der Waals surface area contributed by atoms with Gasteiger partial charge in [-0.2, -0.15) is 0 Å². The molecular formula is C7H13O2PS4. The van der Waals surface area contributed by atoms with E-state index in [9.17, 15) is 9.36 Å². The highest BCUT2D eigenvalue weighted by Gasteiger charge is 2.19. The van der Waals surface area contributed by atoms with Crippen molar-refractivity contribution < 1.29 is 9.36 Å². The van der Waals surface area contributed by atoms with Gasteiger partial charge in [0.2, 0.25) is 9.86 Å². The maximum absolute atomic E-state index is 11.8. The van der Waals surface area contributed by atoms with Crippen LogP contribution in [0, 0.1) is 0 Å². The van der Waals surface area contributed by atoms with Gasteiger partial charge in [-0.25, -0.2) is 0 Å². The van der Waals surface area contributed by atoms with Crippen molar-refractivity contribution in [3.63, 3.8) is 0 Å². The van der Waals surface area contributed by atoms with Crippen molar-refractivity contribution in [3.05, 3.63) is 12.7 Å². The van der Waals surface area contributed by atoms with Gasteiger partial charge in [-0.05, 0) is 18.6 Å². The molecule has 0 atom stereocenters. The Bertz CT molecular complexity index is 236. The summed E-state index contributed by atoms with van der Waals surface area (Å²) in [6.07, 6.45) is 5.01. The van der Waals surface area contributed by atoms with E-state index in [1.165, 1.54) is 52.0 Å². The third-order valence-electron chi connectivity index (χ3n) is 1.19. The van der Waals surface area contributed by atoms with Crippen molar-refractivity contribution in [3.8, 4) is 0 Å². The average Bonchev–Trinajstić information content (AvgIpc) is 2.23. The van der Waals surface area contributed by atoms with E-state index >= 15 is 0 Å². The molecular weight excluding hydrogens is 275 g/mol. The van der Waals surface area contributed by atoms with E-state index < -0.39 is 4.75 Å². The van der Waals surface area contributed by atoms with E-state index in [4.69, 9.17) is 0 Å². The van der Waals surface area contributed by atoms with E-state index in [1.54, 1.807) is 0 Å². The maximum atomic E-state index is 11.8. The Hall–Kier alpha value is 1.04. The smallest absolute Gasteiger partial charge is 0.243 e. The van der Waals surface area contributed by atoms with Gasteiger partial charge in [0.1, 0.15) is 0 Å². The van der Waals surface area contributed by atoms with Crippen LogP contribution in [-0.2, 0) is 9.36 Å². The van der Waals surface area contributed by atoms with Crippen molar-refractivity contribution in [1.82, 2.24) is 0 Å². The molecule has 0 amide bonds. The quantitative estimate of drug-likeness (QED) is 0.400. The Morgan fingerprint density at radius 3 is 2.36 bits per heavy atom. The molecule has 0 unspecified atom stereocenters. The van der Waals surface area contributed by atoms with Crippen LogP contribution >= 0.6 is 50.7 Å². The zero-order valence-corrected chi connectivity index (χ0v) is 12.3. The lowest BCUT2D eigenvalue weighted by molar-refractivity contribution is -0.107. The highest BCUT2D eigenvalue weighted by atomic mass is 33.4. The molecule has 0 aromatic carbocycles. The first-order valence-corrected chi connectivity index (χ1v) is 11.7. The van der Waals surface area contributed by atoms with Gasteiger partial charge in [0.15, 0.2) is 0 Å². The first-order chi connectivity index (χ1) is 6.58. The minimum absolute atomic E-state index is 0.0197. The van der Waals surface area contributed by atoms with Crippen LogP contribution in [0.1, 0.15) is 0 Å². The van der Waals surface area contributed by atoms with Crippen molar-refractivity contribution in [2.24, 2.45) is 0 Å². The topological polar surface area (TPSA) is 34.1 Å². The van der Waals surface area contributed by atoms with Crippen LogP contribution in [-0.4, -0.2) is 29.1 Å². The van der Waals surface area contributed by atoms with Crippen LogP contribution < -0.4 is 0 Å². The number of hydrogen-bond donors (Lipinski definition) is 0. The molecule has 0 heterocycles. The fourth-order valence-electron chi connectivity index (χ4n) is 0.530. The lowest BCUT2D eigenvalue weighted by atomic mass is 10.7. The largest absolute Gasteiger partial charge is 0.289 e. The number of hydrogen-bond acceptors (Lipinski definition) is 6. The molecule has 7 heteroatoms.